The molecule has 0 aromatic heterocycles. The summed E-state index contributed by atoms with van der Waals surface area (Å²) in [4.78, 5) is 12.0. The van der Waals surface area contributed by atoms with Gasteiger partial charge >= 0.3 is 5.97 Å². The van der Waals surface area contributed by atoms with E-state index in [0.29, 0.717) is 18.8 Å². The Morgan fingerprint density at radius 2 is 1.76 bits per heavy atom. The van der Waals surface area contributed by atoms with Crippen LogP contribution in [0.25, 0.3) is 0 Å². The molecular formula is C24H38O5. The first-order chi connectivity index (χ1) is 13.7. The Kier molecular flexibility index (Phi) is 11.0. The molecule has 0 spiro atoms. The van der Waals surface area contributed by atoms with Crippen LogP contribution in [0.3, 0.4) is 0 Å². The summed E-state index contributed by atoms with van der Waals surface area (Å²) >= 11 is 0. The summed E-state index contributed by atoms with van der Waals surface area (Å²) in [5.74, 6) is 0.492. The minimum absolute atomic E-state index is 0.0636. The lowest BCUT2D eigenvalue weighted by Crippen LogP contribution is -2.39. The van der Waals surface area contributed by atoms with E-state index >= 15 is 0 Å². The summed E-state index contributed by atoms with van der Waals surface area (Å²) in [6.07, 6.45) is 2.05. The van der Waals surface area contributed by atoms with Crippen LogP contribution in [0.1, 0.15) is 53.5 Å². The molecule has 0 heterocycles. The average Bonchev–Trinajstić information content (AvgIpc) is 2.72. The first-order valence-corrected chi connectivity index (χ1v) is 10.5. The number of rotatable bonds is 12. The maximum absolute atomic E-state index is 12.0. The van der Waals surface area contributed by atoms with Crippen molar-refractivity contribution in [2.45, 2.75) is 66.8 Å². The lowest BCUT2D eigenvalue weighted by atomic mass is 9.82. The van der Waals surface area contributed by atoms with Crippen molar-refractivity contribution in [2.75, 3.05) is 13.7 Å². The van der Waals surface area contributed by atoms with Gasteiger partial charge in [-0.25, -0.2) is 4.79 Å². The van der Waals surface area contributed by atoms with E-state index in [0.717, 1.165) is 17.7 Å². The molecule has 0 aliphatic carbocycles. The highest BCUT2D eigenvalue weighted by Crippen LogP contribution is 2.28. The molecule has 1 rings (SSSR count). The zero-order valence-electron chi connectivity index (χ0n) is 19.0. The third-order valence-electron chi connectivity index (χ3n) is 5.51. The van der Waals surface area contributed by atoms with Gasteiger partial charge in [0.05, 0.1) is 32.5 Å². The number of methoxy groups -OCH3 is 1. The van der Waals surface area contributed by atoms with E-state index in [1.165, 1.54) is 0 Å². The summed E-state index contributed by atoms with van der Waals surface area (Å²) in [5, 5.41) is 10.8. The number of carbonyl (C=O) groups is 1. The van der Waals surface area contributed by atoms with Crippen LogP contribution in [0.5, 0.6) is 5.75 Å². The smallest absolute Gasteiger partial charge is 0.333 e. The van der Waals surface area contributed by atoms with Crippen LogP contribution < -0.4 is 4.74 Å². The van der Waals surface area contributed by atoms with Gasteiger partial charge in [-0.05, 0) is 37.5 Å². The highest BCUT2D eigenvalue weighted by atomic mass is 16.5. The van der Waals surface area contributed by atoms with Gasteiger partial charge in [0, 0.05) is 17.4 Å². The van der Waals surface area contributed by atoms with Gasteiger partial charge in [-0.1, -0.05) is 52.3 Å². The quantitative estimate of drug-likeness (QED) is 0.400. The largest absolute Gasteiger partial charge is 0.497 e. The molecule has 0 aliphatic heterocycles. The molecule has 164 valence electrons. The van der Waals surface area contributed by atoms with Crippen LogP contribution in [-0.2, 0) is 20.9 Å². The third-order valence-corrected chi connectivity index (χ3v) is 5.51. The maximum atomic E-state index is 12.0. The highest BCUT2D eigenvalue weighted by Gasteiger charge is 2.31. The maximum Gasteiger partial charge on any atom is 0.333 e. The Hall–Kier alpha value is -1.85. The van der Waals surface area contributed by atoms with Crippen LogP contribution in [0.4, 0.5) is 0 Å². The molecule has 0 amide bonds. The number of aliphatic hydroxyl groups excluding tert-OH is 1. The normalized spacial score (nSPS) is 17.2. The fourth-order valence-electron chi connectivity index (χ4n) is 3.45. The summed E-state index contributed by atoms with van der Waals surface area (Å²) in [6, 6.07) is 7.74. The second-order valence-corrected chi connectivity index (χ2v) is 7.79. The van der Waals surface area contributed by atoms with Gasteiger partial charge in [-0.2, -0.15) is 0 Å². The monoisotopic (exact) mass is 406 g/mol. The molecule has 0 radical (unpaired) electrons. The molecule has 1 N–H and O–H groups in total. The molecular weight excluding hydrogens is 368 g/mol. The van der Waals surface area contributed by atoms with E-state index in [9.17, 15) is 9.90 Å². The fourth-order valence-corrected chi connectivity index (χ4v) is 3.45. The number of hydrogen-bond donors (Lipinski definition) is 1. The Morgan fingerprint density at radius 1 is 1.14 bits per heavy atom. The van der Waals surface area contributed by atoms with Gasteiger partial charge < -0.3 is 19.3 Å². The molecule has 0 aliphatic rings. The minimum Gasteiger partial charge on any atom is -0.497 e. The predicted molar refractivity (Wildman–Crippen MR) is 116 cm³/mol. The van der Waals surface area contributed by atoms with Crippen molar-refractivity contribution in [1.29, 1.82) is 0 Å². The first kappa shape index (κ1) is 25.2. The van der Waals surface area contributed by atoms with Crippen molar-refractivity contribution in [3.8, 4) is 5.75 Å². The fraction of sp³-hybridized carbons (Fsp3) is 0.625. The van der Waals surface area contributed by atoms with Crippen LogP contribution in [0, 0.1) is 17.8 Å². The number of carbonyl (C=O) groups excluding carboxylic acids is 1. The van der Waals surface area contributed by atoms with Gasteiger partial charge in [0.1, 0.15) is 5.75 Å². The van der Waals surface area contributed by atoms with Crippen molar-refractivity contribution in [3.05, 3.63) is 41.5 Å². The summed E-state index contributed by atoms with van der Waals surface area (Å²) in [7, 11) is 1.64. The lowest BCUT2D eigenvalue weighted by Gasteiger charge is -2.34. The molecule has 0 bridgehead atoms. The van der Waals surface area contributed by atoms with E-state index in [1.807, 2.05) is 51.1 Å². The van der Waals surface area contributed by atoms with Crippen molar-refractivity contribution in [2.24, 2.45) is 17.8 Å². The highest BCUT2D eigenvalue weighted by molar-refractivity contribution is 5.87. The number of benzene rings is 1. The van der Waals surface area contributed by atoms with Crippen LogP contribution >= 0.6 is 0 Å². The van der Waals surface area contributed by atoms with E-state index in [1.54, 1.807) is 21.0 Å². The predicted octanol–water partition coefficient (Wildman–Crippen LogP) is 4.77. The van der Waals surface area contributed by atoms with Gasteiger partial charge in [0.2, 0.25) is 0 Å². The second-order valence-electron chi connectivity index (χ2n) is 7.79. The molecule has 29 heavy (non-hydrogen) atoms. The zero-order chi connectivity index (χ0) is 22.0. The Bertz CT molecular complexity index is 637. The van der Waals surface area contributed by atoms with E-state index in [-0.39, 0.29) is 29.8 Å². The molecule has 0 saturated heterocycles. The summed E-state index contributed by atoms with van der Waals surface area (Å²) < 4.78 is 16.6. The van der Waals surface area contributed by atoms with E-state index in [4.69, 9.17) is 14.2 Å². The van der Waals surface area contributed by atoms with Gasteiger partial charge in [0.25, 0.3) is 0 Å². The Labute approximate surface area is 176 Å². The van der Waals surface area contributed by atoms with E-state index in [2.05, 4.69) is 6.92 Å². The summed E-state index contributed by atoms with van der Waals surface area (Å²) in [5.41, 5.74) is 1.59. The first-order valence-electron chi connectivity index (χ1n) is 10.5. The average molecular weight is 407 g/mol. The SMILES string of the molecule is CCOC(=O)/C(C)=C/[C@@H](C)[C@H](OCc1ccc(OC)cc1)[C@@H](C)[C@H](O)[C@@H](C)CC. The van der Waals surface area contributed by atoms with E-state index < -0.39 is 6.10 Å². The molecule has 0 unspecified atom stereocenters. The van der Waals surface area contributed by atoms with Gasteiger partial charge in [-0.15, -0.1) is 0 Å². The van der Waals surface area contributed by atoms with Gasteiger partial charge in [-0.3, -0.25) is 0 Å². The Morgan fingerprint density at radius 3 is 2.28 bits per heavy atom. The van der Waals surface area contributed by atoms with Crippen molar-refractivity contribution in [1.82, 2.24) is 0 Å². The topological polar surface area (TPSA) is 65.0 Å². The number of aliphatic hydroxyl groups is 1. The van der Waals surface area contributed by atoms with Crippen LogP contribution in [0.2, 0.25) is 0 Å². The van der Waals surface area contributed by atoms with Gasteiger partial charge in [0.15, 0.2) is 0 Å². The van der Waals surface area contributed by atoms with Crippen LogP contribution in [0.15, 0.2) is 35.9 Å². The number of ether oxygens (including phenoxy) is 3. The minimum atomic E-state index is -0.486. The third kappa shape index (κ3) is 7.82. The number of esters is 1. The van der Waals surface area contributed by atoms with Crippen molar-refractivity contribution in [3.63, 3.8) is 0 Å². The summed E-state index contributed by atoms with van der Waals surface area (Å²) in [6.45, 7) is 12.5. The van der Waals surface area contributed by atoms with Crippen molar-refractivity contribution < 1.29 is 24.1 Å². The standard InChI is InChI=1S/C24H38O5/c1-8-16(3)22(25)19(6)23(17(4)14-18(5)24(26)28-9-2)29-15-20-10-12-21(27-7)13-11-20/h10-14,16-17,19,22-23,25H,8-9,15H2,1-7H3/b18-14+/t16-,17+,19-,22+,23-/m0/s1. The molecule has 5 heteroatoms. The molecule has 1 aromatic carbocycles. The Balaban J connectivity index is 2.99. The lowest BCUT2D eigenvalue weighted by molar-refractivity contribution is -0.138. The molecule has 1 aromatic rings. The second kappa shape index (κ2) is 12.7. The zero-order valence-corrected chi connectivity index (χ0v) is 19.0. The van der Waals surface area contributed by atoms with Crippen molar-refractivity contribution >= 4 is 5.97 Å². The van der Waals surface area contributed by atoms with Crippen LogP contribution in [-0.4, -0.2) is 37.0 Å². The molecule has 0 fully saturated rings. The molecule has 5 nitrogen and oxygen atoms in total. The molecule has 5 atom stereocenters. The number of hydrogen-bond acceptors (Lipinski definition) is 5. The molecule has 0 saturated carbocycles.